The molecule has 1 aliphatic carbocycles. The van der Waals surface area contributed by atoms with Crippen LogP contribution < -0.4 is 0 Å². The second-order valence-corrected chi connectivity index (χ2v) is 6.50. The normalized spacial score (nSPS) is 22.4. The highest BCUT2D eigenvalue weighted by Crippen LogP contribution is 2.24. The standard InChI is InChI=1S/C13H15ClO2S/c14-13-7-2-1-4-10(13)9-17(16)12-6-3-5-11(15)8-12/h1-2,4,7,12H,3,5-6,8-9H2. The number of benzene rings is 1. The number of Topliss-reactive ketones (excluding diaryl/α,β-unsaturated/α-hetero) is 1. The molecule has 0 aromatic heterocycles. The Morgan fingerprint density at radius 1 is 1.35 bits per heavy atom. The first kappa shape index (κ1) is 12.8. The number of carbonyl (C=O) groups is 1. The first-order valence-corrected chi connectivity index (χ1v) is 7.55. The zero-order valence-electron chi connectivity index (χ0n) is 9.52. The minimum absolute atomic E-state index is 0.0209. The Bertz CT molecular complexity index is 445. The van der Waals surface area contributed by atoms with E-state index < -0.39 is 10.8 Å². The molecule has 1 aromatic carbocycles. The molecule has 0 heterocycles. The van der Waals surface area contributed by atoms with Gasteiger partial charge in [-0.25, -0.2) is 0 Å². The molecule has 1 saturated carbocycles. The molecule has 1 aromatic rings. The molecule has 0 radical (unpaired) electrons. The summed E-state index contributed by atoms with van der Waals surface area (Å²) in [5.41, 5.74) is 0.908. The van der Waals surface area contributed by atoms with E-state index in [2.05, 4.69) is 0 Å². The fraction of sp³-hybridized carbons (Fsp3) is 0.462. The summed E-state index contributed by atoms with van der Waals surface area (Å²) in [5.74, 6) is 0.700. The highest BCUT2D eigenvalue weighted by Gasteiger charge is 2.24. The lowest BCUT2D eigenvalue weighted by Crippen LogP contribution is -2.25. The number of rotatable bonds is 3. The lowest BCUT2D eigenvalue weighted by atomic mass is 9.99. The second kappa shape index (κ2) is 5.78. The van der Waals surface area contributed by atoms with E-state index in [1.807, 2.05) is 18.2 Å². The molecule has 1 aliphatic rings. The number of carbonyl (C=O) groups excluding carboxylic acids is 1. The predicted octanol–water partition coefficient (Wildman–Crippen LogP) is 3.10. The summed E-state index contributed by atoms with van der Waals surface area (Å²) in [6.07, 6.45) is 2.89. The number of hydrogen-bond acceptors (Lipinski definition) is 2. The largest absolute Gasteiger partial charge is 0.300 e. The lowest BCUT2D eigenvalue weighted by molar-refractivity contribution is -0.120. The van der Waals surface area contributed by atoms with Gasteiger partial charge in [0.15, 0.2) is 0 Å². The van der Waals surface area contributed by atoms with Gasteiger partial charge in [-0.05, 0) is 24.5 Å². The molecular weight excluding hydrogens is 256 g/mol. The Kier molecular flexibility index (Phi) is 4.35. The van der Waals surface area contributed by atoms with E-state index in [1.54, 1.807) is 6.07 Å². The average molecular weight is 271 g/mol. The van der Waals surface area contributed by atoms with Gasteiger partial charge in [-0.15, -0.1) is 0 Å². The molecule has 2 unspecified atom stereocenters. The van der Waals surface area contributed by atoms with Crippen molar-refractivity contribution in [2.45, 2.75) is 36.7 Å². The molecule has 1 fully saturated rings. The summed E-state index contributed by atoms with van der Waals surface area (Å²) in [6, 6.07) is 7.45. The number of hydrogen-bond donors (Lipinski definition) is 0. The van der Waals surface area contributed by atoms with Crippen LogP contribution in [0, 0.1) is 0 Å². The van der Waals surface area contributed by atoms with E-state index >= 15 is 0 Å². The maximum atomic E-state index is 12.2. The Morgan fingerprint density at radius 3 is 2.82 bits per heavy atom. The summed E-state index contributed by atoms with van der Waals surface area (Å²) in [7, 11) is -0.994. The van der Waals surface area contributed by atoms with Gasteiger partial charge in [0, 0.05) is 33.9 Å². The van der Waals surface area contributed by atoms with Crippen LogP contribution in [0.25, 0.3) is 0 Å². The average Bonchev–Trinajstić information content (AvgIpc) is 2.32. The third-order valence-corrected chi connectivity index (χ3v) is 5.17. The smallest absolute Gasteiger partial charge is 0.134 e. The van der Waals surface area contributed by atoms with Crippen molar-refractivity contribution in [3.05, 3.63) is 34.9 Å². The molecule has 2 atom stereocenters. The van der Waals surface area contributed by atoms with E-state index in [0.29, 0.717) is 23.6 Å². The summed E-state index contributed by atoms with van der Waals surface area (Å²) < 4.78 is 12.2. The molecule has 0 bridgehead atoms. The summed E-state index contributed by atoms with van der Waals surface area (Å²) in [4.78, 5) is 11.3. The van der Waals surface area contributed by atoms with E-state index in [0.717, 1.165) is 18.4 Å². The van der Waals surface area contributed by atoms with E-state index in [-0.39, 0.29) is 11.0 Å². The molecule has 0 N–H and O–H groups in total. The highest BCUT2D eigenvalue weighted by atomic mass is 35.5. The van der Waals surface area contributed by atoms with Crippen molar-refractivity contribution in [3.63, 3.8) is 0 Å². The fourth-order valence-corrected chi connectivity index (χ4v) is 3.97. The molecule has 2 rings (SSSR count). The van der Waals surface area contributed by atoms with Crippen molar-refractivity contribution in [1.82, 2.24) is 0 Å². The van der Waals surface area contributed by atoms with Gasteiger partial charge in [-0.3, -0.25) is 9.00 Å². The van der Waals surface area contributed by atoms with Crippen molar-refractivity contribution in [2.75, 3.05) is 0 Å². The second-order valence-electron chi connectivity index (χ2n) is 4.37. The van der Waals surface area contributed by atoms with Crippen LogP contribution in [0.3, 0.4) is 0 Å². The third kappa shape index (κ3) is 3.39. The van der Waals surface area contributed by atoms with Crippen LogP contribution in [-0.2, 0) is 21.3 Å². The van der Waals surface area contributed by atoms with Crippen LogP contribution in [0.5, 0.6) is 0 Å². The Labute approximate surface area is 109 Å². The molecule has 0 spiro atoms. The molecule has 0 saturated heterocycles. The van der Waals surface area contributed by atoms with Crippen molar-refractivity contribution >= 4 is 28.2 Å². The van der Waals surface area contributed by atoms with Crippen molar-refractivity contribution in [1.29, 1.82) is 0 Å². The van der Waals surface area contributed by atoms with Crippen LogP contribution >= 0.6 is 11.6 Å². The van der Waals surface area contributed by atoms with E-state index in [9.17, 15) is 9.00 Å². The minimum Gasteiger partial charge on any atom is -0.300 e. The van der Waals surface area contributed by atoms with E-state index in [4.69, 9.17) is 11.6 Å². The lowest BCUT2D eigenvalue weighted by Gasteiger charge is -2.20. The molecule has 2 nitrogen and oxygen atoms in total. The van der Waals surface area contributed by atoms with Crippen molar-refractivity contribution in [3.8, 4) is 0 Å². The Balaban J connectivity index is 2.02. The van der Waals surface area contributed by atoms with E-state index in [1.165, 1.54) is 0 Å². The summed E-state index contributed by atoms with van der Waals surface area (Å²) in [6.45, 7) is 0. The van der Waals surface area contributed by atoms with Crippen LogP contribution in [-0.4, -0.2) is 15.2 Å². The molecule has 0 amide bonds. The van der Waals surface area contributed by atoms with Gasteiger partial charge in [0.1, 0.15) is 5.78 Å². The maximum absolute atomic E-state index is 12.2. The minimum atomic E-state index is -0.994. The first-order valence-electron chi connectivity index (χ1n) is 5.79. The van der Waals surface area contributed by atoms with Gasteiger partial charge in [-0.2, -0.15) is 0 Å². The summed E-state index contributed by atoms with van der Waals surface area (Å²) >= 11 is 6.03. The van der Waals surface area contributed by atoms with Gasteiger partial charge in [0.05, 0.1) is 5.75 Å². The monoisotopic (exact) mass is 270 g/mol. The van der Waals surface area contributed by atoms with Crippen LogP contribution in [0.4, 0.5) is 0 Å². The van der Waals surface area contributed by atoms with Gasteiger partial charge in [0.25, 0.3) is 0 Å². The van der Waals surface area contributed by atoms with Crippen molar-refractivity contribution < 1.29 is 9.00 Å². The molecule has 92 valence electrons. The van der Waals surface area contributed by atoms with Crippen LogP contribution in [0.15, 0.2) is 24.3 Å². The van der Waals surface area contributed by atoms with Gasteiger partial charge in [-0.1, -0.05) is 29.8 Å². The molecule has 0 aliphatic heterocycles. The molecular formula is C13H15ClO2S. The summed E-state index contributed by atoms with van der Waals surface area (Å²) in [5, 5.41) is 0.676. The SMILES string of the molecule is O=C1CCCC(S(=O)Cc2ccccc2Cl)C1. The third-order valence-electron chi connectivity index (χ3n) is 3.06. The zero-order valence-corrected chi connectivity index (χ0v) is 11.1. The quantitative estimate of drug-likeness (QED) is 0.846. The van der Waals surface area contributed by atoms with Gasteiger partial charge >= 0.3 is 0 Å². The maximum Gasteiger partial charge on any atom is 0.134 e. The fourth-order valence-electron chi connectivity index (χ4n) is 2.10. The molecule has 17 heavy (non-hydrogen) atoms. The predicted molar refractivity (Wildman–Crippen MR) is 70.6 cm³/mol. The van der Waals surface area contributed by atoms with Gasteiger partial charge in [0.2, 0.25) is 0 Å². The topological polar surface area (TPSA) is 34.1 Å². The highest BCUT2D eigenvalue weighted by molar-refractivity contribution is 7.84. The Morgan fingerprint density at radius 2 is 2.12 bits per heavy atom. The zero-order chi connectivity index (χ0) is 12.3. The van der Waals surface area contributed by atoms with Crippen LogP contribution in [0.2, 0.25) is 5.02 Å². The van der Waals surface area contributed by atoms with Crippen LogP contribution in [0.1, 0.15) is 31.2 Å². The number of ketones is 1. The van der Waals surface area contributed by atoms with Crippen molar-refractivity contribution in [2.24, 2.45) is 0 Å². The Hall–Kier alpha value is -0.670. The number of halogens is 1. The first-order chi connectivity index (χ1) is 8.16. The van der Waals surface area contributed by atoms with Gasteiger partial charge < -0.3 is 0 Å². The molecule has 4 heteroatoms.